The van der Waals surface area contributed by atoms with Gasteiger partial charge in [-0.05, 0) is 43.4 Å². The lowest BCUT2D eigenvalue weighted by Crippen LogP contribution is -2.43. The molecule has 36 heavy (non-hydrogen) atoms. The molecule has 0 bridgehead atoms. The van der Waals surface area contributed by atoms with Crippen LogP contribution in [0.2, 0.25) is 0 Å². The Labute approximate surface area is 227 Å². The number of amides is 1. The molecule has 0 radical (unpaired) electrons. The first kappa shape index (κ1) is 28.9. The van der Waals surface area contributed by atoms with Crippen molar-refractivity contribution in [1.82, 2.24) is 9.88 Å². The molecule has 7 nitrogen and oxygen atoms in total. The predicted molar refractivity (Wildman–Crippen MR) is 151 cm³/mol. The second kappa shape index (κ2) is 13.2. The van der Waals surface area contributed by atoms with Crippen molar-refractivity contribution in [3.8, 4) is 0 Å². The lowest BCUT2D eigenvalue weighted by molar-refractivity contribution is -0.118. The van der Waals surface area contributed by atoms with Gasteiger partial charge in [0.1, 0.15) is 5.52 Å². The molecule has 1 amide bonds. The maximum atomic E-state index is 13.4. The molecule has 1 aliphatic heterocycles. The van der Waals surface area contributed by atoms with Crippen LogP contribution in [-0.4, -0.2) is 75.6 Å². The van der Waals surface area contributed by atoms with Crippen molar-refractivity contribution in [1.29, 1.82) is 0 Å². The predicted octanol–water partition coefficient (Wildman–Crippen LogP) is 4.67. The van der Waals surface area contributed by atoms with E-state index in [4.69, 9.17) is 4.74 Å². The first-order valence-corrected chi connectivity index (χ1v) is 15.4. The molecule has 0 unspecified atom stereocenters. The fourth-order valence-electron chi connectivity index (χ4n) is 3.90. The van der Waals surface area contributed by atoms with E-state index in [9.17, 15) is 13.2 Å². The third kappa shape index (κ3) is 7.66. The van der Waals surface area contributed by atoms with Crippen LogP contribution in [0.15, 0.2) is 52.3 Å². The minimum absolute atomic E-state index is 0. The van der Waals surface area contributed by atoms with Gasteiger partial charge in [-0.2, -0.15) is 0 Å². The van der Waals surface area contributed by atoms with Crippen LogP contribution in [0.1, 0.15) is 18.4 Å². The topological polar surface area (TPSA) is 79.8 Å². The van der Waals surface area contributed by atoms with Crippen LogP contribution in [0.25, 0.3) is 10.2 Å². The SMILES string of the molecule is Cc1ccc(SCCCC(=O)N(CCN2CCOCC2)c2nc3c(S(C)(=O)=O)cccc3s2)cc1.Cl. The van der Waals surface area contributed by atoms with Crippen LogP contribution >= 0.6 is 35.5 Å². The number of sulfone groups is 1. The Bertz CT molecular complexity index is 1260. The number of ether oxygens (including phenoxy) is 1. The molecule has 0 saturated carbocycles. The summed E-state index contributed by atoms with van der Waals surface area (Å²) in [6, 6.07) is 13.6. The number of morpholine rings is 1. The van der Waals surface area contributed by atoms with Crippen LogP contribution in [0.5, 0.6) is 0 Å². The number of para-hydroxylation sites is 1. The van der Waals surface area contributed by atoms with Crippen molar-refractivity contribution in [2.24, 2.45) is 0 Å². The van der Waals surface area contributed by atoms with Gasteiger partial charge in [-0.1, -0.05) is 35.1 Å². The zero-order valence-electron chi connectivity index (χ0n) is 20.5. The molecule has 1 aliphatic rings. The summed E-state index contributed by atoms with van der Waals surface area (Å²) in [5, 5.41) is 0.556. The number of hydrogen-bond acceptors (Lipinski definition) is 8. The molecule has 3 aromatic rings. The van der Waals surface area contributed by atoms with Gasteiger partial charge in [0, 0.05) is 43.8 Å². The number of aryl methyl sites for hydroxylation is 1. The second-order valence-electron chi connectivity index (χ2n) is 8.64. The molecule has 2 heterocycles. The van der Waals surface area contributed by atoms with E-state index in [1.807, 2.05) is 6.07 Å². The molecule has 1 aromatic heterocycles. The molecular formula is C25H32ClN3O4S3. The fourth-order valence-corrected chi connectivity index (χ4v) is 6.69. The molecule has 0 aliphatic carbocycles. The zero-order valence-corrected chi connectivity index (χ0v) is 23.8. The molecule has 0 spiro atoms. The summed E-state index contributed by atoms with van der Waals surface area (Å²) in [5.74, 6) is 0.868. The minimum Gasteiger partial charge on any atom is -0.379 e. The van der Waals surface area contributed by atoms with E-state index in [1.54, 1.807) is 28.8 Å². The standard InChI is InChI=1S/C25H31N3O4S3.ClH/c1-19-8-10-20(11-9-19)33-18-4-7-23(29)28(13-12-27-14-16-32-17-15-27)25-26-24-21(34-25)5-3-6-22(24)35(2,30)31;/h3,5-6,8-11H,4,7,12-18H2,1-2H3;1H. The van der Waals surface area contributed by atoms with E-state index in [2.05, 4.69) is 41.1 Å². The number of halogens is 1. The number of carbonyl (C=O) groups is 1. The number of hydrogen-bond donors (Lipinski definition) is 0. The third-order valence-electron chi connectivity index (χ3n) is 5.87. The monoisotopic (exact) mass is 569 g/mol. The third-order valence-corrected chi connectivity index (χ3v) is 9.14. The lowest BCUT2D eigenvalue weighted by atomic mass is 10.2. The Morgan fingerprint density at radius 2 is 1.89 bits per heavy atom. The van der Waals surface area contributed by atoms with Gasteiger partial charge < -0.3 is 4.74 Å². The largest absolute Gasteiger partial charge is 0.379 e. The number of carbonyl (C=O) groups excluding carboxylic acids is 1. The number of fused-ring (bicyclic) bond motifs is 1. The molecule has 2 aromatic carbocycles. The van der Waals surface area contributed by atoms with Gasteiger partial charge >= 0.3 is 0 Å². The van der Waals surface area contributed by atoms with Crippen molar-refractivity contribution in [2.75, 3.05) is 56.3 Å². The molecule has 11 heteroatoms. The Balaban J connectivity index is 0.00000361. The van der Waals surface area contributed by atoms with E-state index in [0.29, 0.717) is 36.8 Å². The number of thiazole rings is 1. The Hall–Kier alpha value is -1.69. The molecular weight excluding hydrogens is 538 g/mol. The smallest absolute Gasteiger partial charge is 0.228 e. The number of aromatic nitrogens is 1. The number of nitrogens with zero attached hydrogens (tertiary/aromatic N) is 3. The van der Waals surface area contributed by atoms with Gasteiger partial charge in [0.2, 0.25) is 5.91 Å². The van der Waals surface area contributed by atoms with Crippen LogP contribution in [0.4, 0.5) is 5.13 Å². The van der Waals surface area contributed by atoms with Crippen LogP contribution in [-0.2, 0) is 19.4 Å². The lowest BCUT2D eigenvalue weighted by Gasteiger charge is -2.29. The quantitative estimate of drug-likeness (QED) is 0.259. The van der Waals surface area contributed by atoms with Crippen molar-refractivity contribution >= 4 is 66.6 Å². The van der Waals surface area contributed by atoms with Gasteiger partial charge in [0.15, 0.2) is 15.0 Å². The highest BCUT2D eigenvalue weighted by Crippen LogP contribution is 2.33. The van der Waals surface area contributed by atoms with Gasteiger partial charge in [-0.25, -0.2) is 13.4 Å². The summed E-state index contributed by atoms with van der Waals surface area (Å²) in [7, 11) is -3.42. The molecule has 1 saturated heterocycles. The summed E-state index contributed by atoms with van der Waals surface area (Å²) >= 11 is 3.12. The van der Waals surface area contributed by atoms with Crippen molar-refractivity contribution in [2.45, 2.75) is 29.6 Å². The van der Waals surface area contributed by atoms with E-state index >= 15 is 0 Å². The van der Waals surface area contributed by atoms with Gasteiger partial charge in [-0.3, -0.25) is 14.6 Å². The zero-order chi connectivity index (χ0) is 24.8. The number of rotatable bonds is 10. The molecule has 196 valence electrons. The van der Waals surface area contributed by atoms with Crippen LogP contribution in [0.3, 0.4) is 0 Å². The second-order valence-corrected chi connectivity index (χ2v) is 12.8. The van der Waals surface area contributed by atoms with Gasteiger partial charge in [0.05, 0.1) is 22.8 Å². The van der Waals surface area contributed by atoms with Crippen molar-refractivity contribution in [3.63, 3.8) is 0 Å². The summed E-state index contributed by atoms with van der Waals surface area (Å²) in [6.45, 7) is 6.38. The van der Waals surface area contributed by atoms with Crippen LogP contribution < -0.4 is 4.90 Å². The summed E-state index contributed by atoms with van der Waals surface area (Å²) < 4.78 is 30.7. The Morgan fingerprint density at radius 3 is 2.58 bits per heavy atom. The molecule has 4 rings (SSSR count). The highest BCUT2D eigenvalue weighted by molar-refractivity contribution is 7.99. The van der Waals surface area contributed by atoms with E-state index < -0.39 is 9.84 Å². The maximum absolute atomic E-state index is 13.4. The van der Waals surface area contributed by atoms with E-state index in [-0.39, 0.29) is 23.2 Å². The average molecular weight is 570 g/mol. The highest BCUT2D eigenvalue weighted by Gasteiger charge is 2.23. The minimum atomic E-state index is -3.42. The molecule has 0 N–H and O–H groups in total. The molecule has 1 fully saturated rings. The normalized spacial score (nSPS) is 14.5. The number of anilines is 1. The summed E-state index contributed by atoms with van der Waals surface area (Å²) in [5.41, 5.74) is 1.67. The maximum Gasteiger partial charge on any atom is 0.228 e. The molecule has 0 atom stereocenters. The summed E-state index contributed by atoms with van der Waals surface area (Å²) in [6.07, 6.45) is 2.36. The number of thioether (sulfide) groups is 1. The fraction of sp³-hybridized carbons (Fsp3) is 0.440. The van der Waals surface area contributed by atoms with Gasteiger partial charge in [0.25, 0.3) is 0 Å². The van der Waals surface area contributed by atoms with Gasteiger partial charge in [-0.15, -0.1) is 24.2 Å². The Morgan fingerprint density at radius 1 is 1.17 bits per heavy atom. The average Bonchev–Trinajstić information content (AvgIpc) is 3.27. The number of benzene rings is 2. The first-order valence-electron chi connectivity index (χ1n) is 11.7. The highest BCUT2D eigenvalue weighted by atomic mass is 35.5. The van der Waals surface area contributed by atoms with Crippen LogP contribution in [0, 0.1) is 6.92 Å². The van der Waals surface area contributed by atoms with Crippen molar-refractivity contribution < 1.29 is 17.9 Å². The summed E-state index contributed by atoms with van der Waals surface area (Å²) in [4.78, 5) is 23.4. The van der Waals surface area contributed by atoms with E-state index in [0.717, 1.165) is 36.5 Å². The van der Waals surface area contributed by atoms with E-state index in [1.165, 1.54) is 28.1 Å². The first-order chi connectivity index (χ1) is 16.8. The van der Waals surface area contributed by atoms with Crippen molar-refractivity contribution in [3.05, 3.63) is 48.0 Å². The Kier molecular flexibility index (Phi) is 10.6.